The molecule has 0 aliphatic rings. The first kappa shape index (κ1) is 18.7. The van der Waals surface area contributed by atoms with Crippen LogP contribution in [0.25, 0.3) is 11.1 Å². The van der Waals surface area contributed by atoms with Crippen molar-refractivity contribution in [3.05, 3.63) is 52.5 Å². The van der Waals surface area contributed by atoms with Crippen LogP contribution in [0.3, 0.4) is 0 Å². The van der Waals surface area contributed by atoms with Crippen LogP contribution >= 0.6 is 35.0 Å². The monoisotopic (exact) mass is 366 g/mol. The predicted octanol–water partition coefficient (Wildman–Crippen LogP) is 8.11. The molecule has 0 unspecified atom stereocenters. The fraction of sp³-hybridized carbons (Fsp3) is 0.400. The highest BCUT2D eigenvalue weighted by atomic mass is 35.5. The van der Waals surface area contributed by atoms with Crippen LogP contribution < -0.4 is 0 Å². The maximum absolute atomic E-state index is 6.46. The Labute approximate surface area is 154 Å². The summed E-state index contributed by atoms with van der Waals surface area (Å²) in [4.78, 5) is 1.09. The topological polar surface area (TPSA) is 0 Å². The van der Waals surface area contributed by atoms with Crippen LogP contribution in [0.5, 0.6) is 0 Å². The van der Waals surface area contributed by atoms with E-state index in [4.69, 9.17) is 23.2 Å². The summed E-state index contributed by atoms with van der Waals surface area (Å²) in [6.07, 6.45) is 7.91. The zero-order valence-electron chi connectivity index (χ0n) is 13.7. The third kappa shape index (κ3) is 6.06. The van der Waals surface area contributed by atoms with Gasteiger partial charge in [0.25, 0.3) is 0 Å². The number of thioether (sulfide) groups is 1. The largest absolute Gasteiger partial charge is 0.125 e. The Kier molecular flexibility index (Phi) is 8.36. The van der Waals surface area contributed by atoms with E-state index < -0.39 is 0 Å². The molecule has 3 heteroatoms. The zero-order valence-corrected chi connectivity index (χ0v) is 16.0. The van der Waals surface area contributed by atoms with Crippen molar-refractivity contribution in [1.29, 1.82) is 0 Å². The minimum Gasteiger partial charge on any atom is -0.125 e. The summed E-state index contributed by atoms with van der Waals surface area (Å²) in [6, 6.07) is 14.1. The van der Waals surface area contributed by atoms with Crippen LogP contribution in [0.2, 0.25) is 10.0 Å². The van der Waals surface area contributed by atoms with Crippen molar-refractivity contribution in [1.82, 2.24) is 0 Å². The van der Waals surface area contributed by atoms with Gasteiger partial charge in [-0.05, 0) is 29.9 Å². The minimum atomic E-state index is 0.769. The summed E-state index contributed by atoms with van der Waals surface area (Å²) in [5.74, 6) is 1.10. The van der Waals surface area contributed by atoms with Gasteiger partial charge >= 0.3 is 0 Å². The maximum Gasteiger partial charge on any atom is 0.0549 e. The molecular formula is C20H24Cl2S. The summed E-state index contributed by atoms with van der Waals surface area (Å²) < 4.78 is 0. The van der Waals surface area contributed by atoms with E-state index in [1.807, 2.05) is 42.1 Å². The molecule has 23 heavy (non-hydrogen) atoms. The minimum absolute atomic E-state index is 0.769. The molecule has 2 rings (SSSR count). The van der Waals surface area contributed by atoms with Crippen molar-refractivity contribution in [3.8, 4) is 11.1 Å². The summed E-state index contributed by atoms with van der Waals surface area (Å²) >= 11 is 14.7. The second-order valence-electron chi connectivity index (χ2n) is 5.74. The van der Waals surface area contributed by atoms with Gasteiger partial charge in [-0.2, -0.15) is 0 Å². The fourth-order valence-electron chi connectivity index (χ4n) is 2.54. The molecule has 0 amide bonds. The molecule has 0 saturated carbocycles. The number of rotatable bonds is 9. The number of benzene rings is 2. The number of halogens is 2. The van der Waals surface area contributed by atoms with Crippen LogP contribution in [0.4, 0.5) is 0 Å². The first-order valence-corrected chi connectivity index (χ1v) is 10.1. The highest BCUT2D eigenvalue weighted by molar-refractivity contribution is 7.99. The van der Waals surface area contributed by atoms with Gasteiger partial charge in [-0.1, -0.05) is 92.6 Å². The van der Waals surface area contributed by atoms with Gasteiger partial charge in [0, 0.05) is 15.5 Å². The van der Waals surface area contributed by atoms with Crippen molar-refractivity contribution < 1.29 is 0 Å². The molecule has 0 heterocycles. The van der Waals surface area contributed by atoms with E-state index in [-0.39, 0.29) is 0 Å². The molecule has 0 aliphatic heterocycles. The van der Waals surface area contributed by atoms with E-state index in [2.05, 4.69) is 19.1 Å². The molecule has 0 radical (unpaired) electrons. The maximum atomic E-state index is 6.46. The van der Waals surface area contributed by atoms with Crippen molar-refractivity contribution in [2.75, 3.05) is 5.75 Å². The van der Waals surface area contributed by atoms with Crippen LogP contribution in [-0.2, 0) is 0 Å². The van der Waals surface area contributed by atoms with Crippen LogP contribution in [0.15, 0.2) is 47.4 Å². The summed E-state index contributed by atoms with van der Waals surface area (Å²) in [5, 5.41) is 1.57. The van der Waals surface area contributed by atoms with Gasteiger partial charge in [0.15, 0.2) is 0 Å². The standard InChI is InChI=1S/C20H24Cl2S/c1-2-3-4-5-6-10-13-23-20-15-18(21)17(14-19(20)22)16-11-8-7-9-12-16/h7-9,11-12,14-15H,2-6,10,13H2,1H3. The molecule has 0 saturated heterocycles. The Morgan fingerprint density at radius 1 is 0.826 bits per heavy atom. The van der Waals surface area contributed by atoms with E-state index in [9.17, 15) is 0 Å². The molecule has 0 atom stereocenters. The third-order valence-electron chi connectivity index (χ3n) is 3.86. The zero-order chi connectivity index (χ0) is 16.5. The highest BCUT2D eigenvalue weighted by Gasteiger charge is 2.09. The van der Waals surface area contributed by atoms with Gasteiger partial charge in [-0.25, -0.2) is 0 Å². The van der Waals surface area contributed by atoms with E-state index in [0.29, 0.717) is 0 Å². The van der Waals surface area contributed by atoms with Gasteiger partial charge in [-0.3, -0.25) is 0 Å². The molecule has 0 aromatic heterocycles. The molecule has 0 nitrogen and oxygen atoms in total. The lowest BCUT2D eigenvalue weighted by Crippen LogP contribution is -1.86. The average Bonchev–Trinajstić information content (AvgIpc) is 2.57. The van der Waals surface area contributed by atoms with Crippen molar-refractivity contribution >= 4 is 35.0 Å². The van der Waals surface area contributed by atoms with Crippen molar-refractivity contribution in [3.63, 3.8) is 0 Å². The quantitative estimate of drug-likeness (QED) is 0.318. The molecule has 0 spiro atoms. The van der Waals surface area contributed by atoms with Gasteiger partial charge in [0.05, 0.1) is 5.02 Å². The number of hydrogen-bond donors (Lipinski definition) is 0. The molecule has 0 aliphatic carbocycles. The molecule has 0 fully saturated rings. The lowest BCUT2D eigenvalue weighted by molar-refractivity contribution is 0.627. The van der Waals surface area contributed by atoms with Crippen LogP contribution in [0.1, 0.15) is 45.4 Å². The van der Waals surface area contributed by atoms with Gasteiger partial charge < -0.3 is 0 Å². The summed E-state index contributed by atoms with van der Waals surface area (Å²) in [6.45, 7) is 2.25. The van der Waals surface area contributed by atoms with E-state index in [0.717, 1.165) is 31.8 Å². The molecule has 2 aromatic carbocycles. The Bertz CT molecular complexity index is 596. The SMILES string of the molecule is CCCCCCCCSc1cc(Cl)c(-c2ccccc2)cc1Cl. The van der Waals surface area contributed by atoms with E-state index in [1.165, 1.54) is 38.5 Å². The smallest absolute Gasteiger partial charge is 0.0549 e. The van der Waals surface area contributed by atoms with E-state index in [1.54, 1.807) is 0 Å². The van der Waals surface area contributed by atoms with E-state index >= 15 is 0 Å². The van der Waals surface area contributed by atoms with Gasteiger partial charge in [-0.15, -0.1) is 11.8 Å². The Hall–Kier alpha value is -0.630. The second kappa shape index (κ2) is 10.3. The highest BCUT2D eigenvalue weighted by Crippen LogP contribution is 2.37. The molecule has 0 N–H and O–H groups in total. The van der Waals surface area contributed by atoms with Crippen molar-refractivity contribution in [2.24, 2.45) is 0 Å². The predicted molar refractivity (Wildman–Crippen MR) is 106 cm³/mol. The average molecular weight is 367 g/mol. The second-order valence-corrected chi connectivity index (χ2v) is 7.70. The normalized spacial score (nSPS) is 10.9. The number of hydrogen-bond acceptors (Lipinski definition) is 1. The lowest BCUT2D eigenvalue weighted by Gasteiger charge is -2.10. The molecule has 2 aromatic rings. The van der Waals surface area contributed by atoms with Crippen molar-refractivity contribution in [2.45, 2.75) is 50.3 Å². The third-order valence-corrected chi connectivity index (χ3v) is 5.74. The Morgan fingerprint density at radius 3 is 2.26 bits per heavy atom. The molecule has 0 bridgehead atoms. The van der Waals surface area contributed by atoms with Gasteiger partial charge in [0.1, 0.15) is 0 Å². The summed E-state index contributed by atoms with van der Waals surface area (Å²) in [7, 11) is 0. The molecule has 124 valence electrons. The number of unbranched alkanes of at least 4 members (excludes halogenated alkanes) is 5. The lowest BCUT2D eigenvalue weighted by atomic mass is 10.1. The Balaban J connectivity index is 1.90. The van der Waals surface area contributed by atoms with Crippen LogP contribution in [-0.4, -0.2) is 5.75 Å². The first-order valence-electron chi connectivity index (χ1n) is 8.39. The summed E-state index contributed by atoms with van der Waals surface area (Å²) in [5.41, 5.74) is 2.10. The fourth-order valence-corrected chi connectivity index (χ4v) is 4.17. The molecular weight excluding hydrogens is 343 g/mol. The Morgan fingerprint density at radius 2 is 1.52 bits per heavy atom. The van der Waals surface area contributed by atoms with Gasteiger partial charge in [0.2, 0.25) is 0 Å². The first-order chi connectivity index (χ1) is 11.2. The van der Waals surface area contributed by atoms with Crippen LogP contribution in [0, 0.1) is 0 Å².